The zero-order valence-corrected chi connectivity index (χ0v) is 13.3. The minimum Gasteiger partial charge on any atom is -0.474 e. The first-order valence-electron chi connectivity index (χ1n) is 7.89. The lowest BCUT2D eigenvalue weighted by molar-refractivity contribution is -0.138. The summed E-state index contributed by atoms with van der Waals surface area (Å²) in [5.74, 6) is 1.33. The van der Waals surface area contributed by atoms with Crippen molar-refractivity contribution in [3.63, 3.8) is 0 Å². The van der Waals surface area contributed by atoms with E-state index < -0.39 is 0 Å². The summed E-state index contributed by atoms with van der Waals surface area (Å²) >= 11 is 0. The van der Waals surface area contributed by atoms with Gasteiger partial charge in [-0.05, 0) is 18.2 Å². The maximum Gasteiger partial charge on any atom is 0.240 e. The van der Waals surface area contributed by atoms with Crippen molar-refractivity contribution in [2.75, 3.05) is 19.9 Å². The van der Waals surface area contributed by atoms with E-state index in [2.05, 4.69) is 9.97 Å². The molecular formula is C17H15N3O5. The number of amides is 2. The van der Waals surface area contributed by atoms with Crippen LogP contribution in [0.15, 0.2) is 30.6 Å². The van der Waals surface area contributed by atoms with Gasteiger partial charge in [0.25, 0.3) is 0 Å². The summed E-state index contributed by atoms with van der Waals surface area (Å²) in [4.78, 5) is 33.0. The number of ether oxygens (including phenoxy) is 3. The average Bonchev–Trinajstić information content (AvgIpc) is 3.22. The number of hydrogen-bond donors (Lipinski definition) is 0. The van der Waals surface area contributed by atoms with Gasteiger partial charge >= 0.3 is 0 Å². The molecule has 1 aromatic heterocycles. The molecule has 0 atom stereocenters. The van der Waals surface area contributed by atoms with E-state index in [9.17, 15) is 9.59 Å². The Labute approximate surface area is 143 Å². The van der Waals surface area contributed by atoms with Gasteiger partial charge in [0.1, 0.15) is 12.3 Å². The van der Waals surface area contributed by atoms with Gasteiger partial charge in [-0.2, -0.15) is 0 Å². The lowest BCUT2D eigenvalue weighted by Crippen LogP contribution is -2.33. The van der Waals surface area contributed by atoms with Gasteiger partial charge in [0.2, 0.25) is 24.5 Å². The lowest BCUT2D eigenvalue weighted by Gasteiger charge is -2.15. The van der Waals surface area contributed by atoms with E-state index in [1.807, 2.05) is 12.1 Å². The molecule has 4 rings (SSSR count). The molecule has 128 valence electrons. The van der Waals surface area contributed by atoms with Crippen LogP contribution >= 0.6 is 0 Å². The third-order valence-corrected chi connectivity index (χ3v) is 4.02. The molecular weight excluding hydrogens is 326 g/mol. The molecule has 1 fully saturated rings. The summed E-state index contributed by atoms with van der Waals surface area (Å²) in [5, 5.41) is 0. The molecule has 0 radical (unpaired) electrons. The van der Waals surface area contributed by atoms with Crippen LogP contribution in [0, 0.1) is 0 Å². The highest BCUT2D eigenvalue weighted by molar-refractivity contribution is 6.01. The van der Waals surface area contributed by atoms with Crippen LogP contribution in [-0.4, -0.2) is 46.6 Å². The van der Waals surface area contributed by atoms with Crippen LogP contribution < -0.4 is 14.2 Å². The predicted octanol–water partition coefficient (Wildman–Crippen LogP) is 1.40. The average molecular weight is 341 g/mol. The molecule has 2 aliphatic heterocycles. The van der Waals surface area contributed by atoms with Crippen LogP contribution in [0.1, 0.15) is 12.8 Å². The Balaban J connectivity index is 1.49. The summed E-state index contributed by atoms with van der Waals surface area (Å²) in [6.07, 6.45) is 3.64. The van der Waals surface area contributed by atoms with Gasteiger partial charge in [-0.1, -0.05) is 0 Å². The minimum absolute atomic E-state index is 0.160. The second-order valence-electron chi connectivity index (χ2n) is 5.57. The largest absolute Gasteiger partial charge is 0.474 e. The van der Waals surface area contributed by atoms with E-state index in [4.69, 9.17) is 14.2 Å². The van der Waals surface area contributed by atoms with Crippen molar-refractivity contribution in [2.24, 2.45) is 0 Å². The zero-order chi connectivity index (χ0) is 17.2. The molecule has 1 saturated heterocycles. The number of aromatic nitrogens is 2. The molecule has 0 unspecified atom stereocenters. The molecule has 8 nitrogen and oxygen atoms in total. The maximum atomic E-state index is 11.6. The molecule has 0 saturated carbocycles. The summed E-state index contributed by atoms with van der Waals surface area (Å²) in [5.41, 5.74) is 1.33. The van der Waals surface area contributed by atoms with E-state index in [-0.39, 0.29) is 44.6 Å². The number of benzene rings is 1. The second kappa shape index (κ2) is 6.39. The highest BCUT2D eigenvalue weighted by Crippen LogP contribution is 2.37. The summed E-state index contributed by atoms with van der Waals surface area (Å²) < 4.78 is 16.4. The second-order valence-corrected chi connectivity index (χ2v) is 5.57. The lowest BCUT2D eigenvalue weighted by atomic mass is 10.1. The number of rotatable bonds is 5. The quantitative estimate of drug-likeness (QED) is 0.759. The Morgan fingerprint density at radius 1 is 1.04 bits per heavy atom. The Kier molecular flexibility index (Phi) is 3.93. The Morgan fingerprint density at radius 3 is 2.64 bits per heavy atom. The van der Waals surface area contributed by atoms with E-state index in [0.717, 1.165) is 5.56 Å². The van der Waals surface area contributed by atoms with Gasteiger partial charge in [-0.15, -0.1) is 0 Å². The Morgan fingerprint density at radius 2 is 1.80 bits per heavy atom. The molecule has 25 heavy (non-hydrogen) atoms. The van der Waals surface area contributed by atoms with E-state index in [1.54, 1.807) is 12.3 Å². The van der Waals surface area contributed by atoms with Crippen molar-refractivity contribution in [1.29, 1.82) is 0 Å². The number of carbonyl (C=O) groups is 2. The fourth-order valence-corrected chi connectivity index (χ4v) is 2.78. The summed E-state index contributed by atoms with van der Waals surface area (Å²) in [7, 11) is 0. The van der Waals surface area contributed by atoms with Crippen molar-refractivity contribution in [2.45, 2.75) is 12.8 Å². The molecule has 2 aliphatic rings. The zero-order valence-electron chi connectivity index (χ0n) is 13.3. The standard InChI is InChI=1S/C17H15N3O5/c21-14-3-4-15(22)20(14)7-8-23-17-16(18-5-6-19-17)11-1-2-12-13(9-11)25-10-24-12/h1-2,5-6,9H,3-4,7-8,10H2. The van der Waals surface area contributed by atoms with Crippen molar-refractivity contribution >= 4 is 11.8 Å². The topological polar surface area (TPSA) is 90.9 Å². The summed E-state index contributed by atoms with van der Waals surface area (Å²) in [6.45, 7) is 0.559. The van der Waals surface area contributed by atoms with Gasteiger partial charge in [0.15, 0.2) is 11.5 Å². The van der Waals surface area contributed by atoms with Gasteiger partial charge in [-0.3, -0.25) is 14.5 Å². The van der Waals surface area contributed by atoms with Gasteiger partial charge in [0, 0.05) is 30.8 Å². The van der Waals surface area contributed by atoms with Crippen molar-refractivity contribution in [1.82, 2.24) is 14.9 Å². The van der Waals surface area contributed by atoms with Crippen LogP contribution in [0.25, 0.3) is 11.3 Å². The van der Waals surface area contributed by atoms with Gasteiger partial charge in [-0.25, -0.2) is 9.97 Å². The molecule has 3 heterocycles. The predicted molar refractivity (Wildman–Crippen MR) is 85.0 cm³/mol. The highest BCUT2D eigenvalue weighted by atomic mass is 16.7. The molecule has 0 spiro atoms. The maximum absolute atomic E-state index is 11.6. The van der Waals surface area contributed by atoms with Crippen LogP contribution in [0.3, 0.4) is 0 Å². The minimum atomic E-state index is -0.163. The van der Waals surface area contributed by atoms with E-state index >= 15 is 0 Å². The van der Waals surface area contributed by atoms with E-state index in [0.29, 0.717) is 23.1 Å². The molecule has 2 aromatic rings. The van der Waals surface area contributed by atoms with Gasteiger partial charge in [0.05, 0.1) is 6.54 Å². The Hall–Kier alpha value is -3.16. The normalized spacial score (nSPS) is 15.8. The van der Waals surface area contributed by atoms with Crippen LogP contribution in [0.2, 0.25) is 0 Å². The number of fused-ring (bicyclic) bond motifs is 1. The third kappa shape index (κ3) is 2.98. The summed E-state index contributed by atoms with van der Waals surface area (Å²) in [6, 6.07) is 5.46. The first-order valence-corrected chi connectivity index (χ1v) is 7.89. The van der Waals surface area contributed by atoms with Crippen molar-refractivity contribution < 1.29 is 23.8 Å². The van der Waals surface area contributed by atoms with Crippen molar-refractivity contribution in [3.05, 3.63) is 30.6 Å². The first kappa shape index (κ1) is 15.4. The molecule has 8 heteroatoms. The first-order chi connectivity index (χ1) is 12.2. The number of nitrogens with zero attached hydrogens (tertiary/aromatic N) is 3. The van der Waals surface area contributed by atoms with Crippen LogP contribution in [0.5, 0.6) is 17.4 Å². The molecule has 2 amide bonds. The highest BCUT2D eigenvalue weighted by Gasteiger charge is 2.28. The van der Waals surface area contributed by atoms with Crippen molar-refractivity contribution in [3.8, 4) is 28.6 Å². The van der Waals surface area contributed by atoms with Gasteiger partial charge < -0.3 is 14.2 Å². The monoisotopic (exact) mass is 341 g/mol. The molecule has 0 bridgehead atoms. The number of carbonyl (C=O) groups excluding carboxylic acids is 2. The molecule has 1 aromatic carbocycles. The number of likely N-dealkylation sites (tertiary alicyclic amines) is 1. The Bertz CT molecular complexity index is 823. The van der Waals surface area contributed by atoms with E-state index in [1.165, 1.54) is 11.1 Å². The molecule has 0 aliphatic carbocycles. The fraction of sp³-hybridized carbons (Fsp3) is 0.294. The number of hydrogen-bond acceptors (Lipinski definition) is 7. The van der Waals surface area contributed by atoms with Crippen LogP contribution in [-0.2, 0) is 9.59 Å². The molecule has 0 N–H and O–H groups in total. The third-order valence-electron chi connectivity index (χ3n) is 4.02. The SMILES string of the molecule is O=C1CCC(=O)N1CCOc1nccnc1-c1ccc2c(c1)OCO2. The number of imide groups is 1. The smallest absolute Gasteiger partial charge is 0.240 e. The van der Waals surface area contributed by atoms with Crippen LogP contribution in [0.4, 0.5) is 0 Å². The fourth-order valence-electron chi connectivity index (χ4n) is 2.78.